The number of hydrogen-bond donors (Lipinski definition) is 1. The maximum Gasteiger partial charge on any atom is 0.119 e. The van der Waals surface area contributed by atoms with Crippen molar-refractivity contribution in [2.75, 3.05) is 44.3 Å². The summed E-state index contributed by atoms with van der Waals surface area (Å²) in [4.78, 5) is 2.47. The van der Waals surface area contributed by atoms with Crippen molar-refractivity contribution < 1.29 is 4.74 Å². The van der Waals surface area contributed by atoms with Crippen LogP contribution in [0.3, 0.4) is 0 Å². The molecule has 18 heavy (non-hydrogen) atoms. The van der Waals surface area contributed by atoms with Gasteiger partial charge in [-0.25, -0.2) is 0 Å². The third-order valence-electron chi connectivity index (χ3n) is 3.14. The van der Waals surface area contributed by atoms with Crippen molar-refractivity contribution in [2.24, 2.45) is 5.73 Å². The molecule has 0 spiro atoms. The van der Waals surface area contributed by atoms with Crippen molar-refractivity contribution >= 4 is 11.8 Å². The Labute approximate surface area is 114 Å². The van der Waals surface area contributed by atoms with Crippen molar-refractivity contribution in [1.29, 1.82) is 0 Å². The Balaban J connectivity index is 1.69. The molecule has 2 N–H and O–H groups in total. The second kappa shape index (κ2) is 7.67. The van der Waals surface area contributed by atoms with Gasteiger partial charge in [-0.1, -0.05) is 12.1 Å². The molecule has 0 radical (unpaired) electrons. The van der Waals surface area contributed by atoms with E-state index in [9.17, 15) is 0 Å². The van der Waals surface area contributed by atoms with E-state index in [1.807, 2.05) is 23.9 Å². The number of rotatable bonds is 6. The van der Waals surface area contributed by atoms with E-state index in [-0.39, 0.29) is 0 Å². The zero-order valence-corrected chi connectivity index (χ0v) is 11.6. The van der Waals surface area contributed by atoms with Crippen LogP contribution in [0.2, 0.25) is 0 Å². The number of thioether (sulfide) groups is 1. The topological polar surface area (TPSA) is 38.5 Å². The van der Waals surface area contributed by atoms with Crippen LogP contribution in [-0.2, 0) is 6.42 Å². The van der Waals surface area contributed by atoms with Gasteiger partial charge in [0.15, 0.2) is 0 Å². The molecule has 3 nitrogen and oxygen atoms in total. The molecule has 1 aromatic rings. The Hall–Kier alpha value is -0.710. The summed E-state index contributed by atoms with van der Waals surface area (Å²) in [7, 11) is 0. The van der Waals surface area contributed by atoms with Crippen LogP contribution >= 0.6 is 11.8 Å². The van der Waals surface area contributed by atoms with Gasteiger partial charge in [-0.2, -0.15) is 11.8 Å². The first-order valence-corrected chi connectivity index (χ1v) is 7.76. The van der Waals surface area contributed by atoms with Crippen LogP contribution in [0.15, 0.2) is 24.3 Å². The highest BCUT2D eigenvalue weighted by molar-refractivity contribution is 7.99. The fourth-order valence-electron chi connectivity index (χ4n) is 2.04. The zero-order chi connectivity index (χ0) is 12.6. The summed E-state index contributed by atoms with van der Waals surface area (Å²) in [5, 5.41) is 0. The number of nitrogens with two attached hydrogens (primary N) is 1. The summed E-state index contributed by atoms with van der Waals surface area (Å²) in [6.45, 7) is 4.91. The van der Waals surface area contributed by atoms with E-state index < -0.39 is 0 Å². The number of ether oxygens (including phenoxy) is 1. The van der Waals surface area contributed by atoms with Crippen LogP contribution in [0, 0.1) is 0 Å². The highest BCUT2D eigenvalue weighted by atomic mass is 32.2. The Morgan fingerprint density at radius 3 is 2.56 bits per heavy atom. The van der Waals surface area contributed by atoms with Crippen LogP contribution in [0.5, 0.6) is 5.75 Å². The van der Waals surface area contributed by atoms with Crippen molar-refractivity contribution in [2.45, 2.75) is 6.42 Å². The molecule has 1 aromatic carbocycles. The van der Waals surface area contributed by atoms with Gasteiger partial charge in [0.25, 0.3) is 0 Å². The van der Waals surface area contributed by atoms with Crippen LogP contribution < -0.4 is 10.5 Å². The van der Waals surface area contributed by atoms with Crippen molar-refractivity contribution in [3.63, 3.8) is 0 Å². The molecule has 0 saturated carbocycles. The zero-order valence-electron chi connectivity index (χ0n) is 10.8. The lowest BCUT2D eigenvalue weighted by Crippen LogP contribution is -2.35. The second-order valence-electron chi connectivity index (χ2n) is 4.49. The standard InChI is InChI=1S/C14H22N2OS/c15-6-5-13-1-3-14(4-2-13)17-10-7-16-8-11-18-12-9-16/h1-4H,5-12,15H2. The van der Waals surface area contributed by atoms with Gasteiger partial charge < -0.3 is 10.5 Å². The predicted octanol–water partition coefficient (Wildman–Crippen LogP) is 1.62. The van der Waals surface area contributed by atoms with Crippen molar-refractivity contribution in [1.82, 2.24) is 4.90 Å². The molecule has 0 atom stereocenters. The molecule has 0 amide bonds. The van der Waals surface area contributed by atoms with E-state index in [0.29, 0.717) is 6.54 Å². The first kappa shape index (κ1) is 13.7. The first-order valence-electron chi connectivity index (χ1n) is 6.60. The Bertz CT molecular complexity index is 336. The van der Waals surface area contributed by atoms with Gasteiger partial charge in [-0.3, -0.25) is 4.90 Å². The number of hydrogen-bond acceptors (Lipinski definition) is 4. The third-order valence-corrected chi connectivity index (χ3v) is 4.08. The Morgan fingerprint density at radius 2 is 1.89 bits per heavy atom. The maximum absolute atomic E-state index is 5.76. The molecule has 4 heteroatoms. The van der Waals surface area contributed by atoms with Gasteiger partial charge in [-0.05, 0) is 30.7 Å². The molecular weight excluding hydrogens is 244 g/mol. The van der Waals surface area contributed by atoms with Gasteiger partial charge in [0.05, 0.1) is 0 Å². The monoisotopic (exact) mass is 266 g/mol. The molecule has 100 valence electrons. The van der Waals surface area contributed by atoms with E-state index in [4.69, 9.17) is 10.5 Å². The van der Waals surface area contributed by atoms with Crippen LogP contribution in [0.4, 0.5) is 0 Å². The lowest BCUT2D eigenvalue weighted by atomic mass is 10.1. The molecule has 2 rings (SSSR count). The highest BCUT2D eigenvalue weighted by Crippen LogP contribution is 2.13. The molecule has 0 unspecified atom stereocenters. The smallest absolute Gasteiger partial charge is 0.119 e. The van der Waals surface area contributed by atoms with E-state index in [1.165, 1.54) is 30.2 Å². The summed E-state index contributed by atoms with van der Waals surface area (Å²) >= 11 is 2.04. The van der Waals surface area contributed by atoms with Gasteiger partial charge in [0.1, 0.15) is 12.4 Å². The largest absolute Gasteiger partial charge is 0.492 e. The fraction of sp³-hybridized carbons (Fsp3) is 0.571. The molecule has 1 heterocycles. The predicted molar refractivity (Wildman–Crippen MR) is 78.5 cm³/mol. The molecule has 0 bridgehead atoms. The summed E-state index contributed by atoms with van der Waals surface area (Å²) in [6, 6.07) is 8.27. The van der Waals surface area contributed by atoms with E-state index >= 15 is 0 Å². The minimum atomic E-state index is 0.702. The highest BCUT2D eigenvalue weighted by Gasteiger charge is 2.09. The summed E-state index contributed by atoms with van der Waals surface area (Å²) < 4.78 is 5.76. The third kappa shape index (κ3) is 4.52. The van der Waals surface area contributed by atoms with Gasteiger partial charge >= 0.3 is 0 Å². The van der Waals surface area contributed by atoms with E-state index in [2.05, 4.69) is 17.0 Å². The Morgan fingerprint density at radius 1 is 1.17 bits per heavy atom. The second-order valence-corrected chi connectivity index (χ2v) is 5.71. The van der Waals surface area contributed by atoms with Gasteiger partial charge in [0, 0.05) is 31.1 Å². The summed E-state index contributed by atoms with van der Waals surface area (Å²) in [5.74, 6) is 3.48. The quantitative estimate of drug-likeness (QED) is 0.849. The molecule has 1 aliphatic heterocycles. The normalized spacial score (nSPS) is 16.7. The lowest BCUT2D eigenvalue weighted by Gasteiger charge is -2.25. The minimum absolute atomic E-state index is 0.702. The molecule has 0 aromatic heterocycles. The van der Waals surface area contributed by atoms with Crippen LogP contribution in [0.25, 0.3) is 0 Å². The number of nitrogens with zero attached hydrogens (tertiary/aromatic N) is 1. The molecular formula is C14H22N2OS. The summed E-state index contributed by atoms with van der Waals surface area (Å²) in [6.07, 6.45) is 0.936. The van der Waals surface area contributed by atoms with Crippen molar-refractivity contribution in [3.8, 4) is 5.75 Å². The molecule has 1 aliphatic rings. The maximum atomic E-state index is 5.76. The Kier molecular flexibility index (Phi) is 5.84. The SMILES string of the molecule is NCCc1ccc(OCCN2CCSCC2)cc1. The lowest BCUT2D eigenvalue weighted by molar-refractivity contribution is 0.222. The molecule has 1 fully saturated rings. The van der Waals surface area contributed by atoms with Crippen LogP contribution in [0.1, 0.15) is 5.56 Å². The number of benzene rings is 1. The summed E-state index contributed by atoms with van der Waals surface area (Å²) in [5.41, 5.74) is 6.80. The van der Waals surface area contributed by atoms with Gasteiger partial charge in [-0.15, -0.1) is 0 Å². The first-order chi connectivity index (χ1) is 8.88. The van der Waals surface area contributed by atoms with Crippen molar-refractivity contribution in [3.05, 3.63) is 29.8 Å². The molecule has 1 saturated heterocycles. The van der Waals surface area contributed by atoms with E-state index in [0.717, 1.165) is 25.3 Å². The van der Waals surface area contributed by atoms with Crippen LogP contribution in [-0.4, -0.2) is 49.2 Å². The minimum Gasteiger partial charge on any atom is -0.492 e. The molecule has 0 aliphatic carbocycles. The van der Waals surface area contributed by atoms with E-state index in [1.54, 1.807) is 0 Å². The average Bonchev–Trinajstić information content (AvgIpc) is 2.42. The average molecular weight is 266 g/mol. The fourth-order valence-corrected chi connectivity index (χ4v) is 3.02. The van der Waals surface area contributed by atoms with Gasteiger partial charge in [0.2, 0.25) is 0 Å².